The minimum atomic E-state index is -1.05. The summed E-state index contributed by atoms with van der Waals surface area (Å²) in [6.45, 7) is 0.286. The number of hydrogen-bond acceptors (Lipinski definition) is 4. The van der Waals surface area contributed by atoms with Crippen molar-refractivity contribution in [2.24, 2.45) is 0 Å². The summed E-state index contributed by atoms with van der Waals surface area (Å²) in [5, 5.41) is 2.51. The van der Waals surface area contributed by atoms with Crippen LogP contribution in [0.4, 0.5) is 14.5 Å². The second kappa shape index (κ2) is 9.05. The molecule has 0 unspecified atom stereocenters. The first-order valence-electron chi connectivity index (χ1n) is 8.71. The molecule has 7 heteroatoms. The van der Waals surface area contributed by atoms with Gasteiger partial charge in [0, 0.05) is 17.3 Å². The first-order chi connectivity index (χ1) is 14.0. The van der Waals surface area contributed by atoms with Gasteiger partial charge in [-0.3, -0.25) is 4.79 Å². The van der Waals surface area contributed by atoms with E-state index in [1.165, 1.54) is 32.4 Å². The highest BCUT2D eigenvalue weighted by molar-refractivity contribution is 6.05. The first-order valence-corrected chi connectivity index (χ1v) is 8.71. The number of halogens is 2. The minimum absolute atomic E-state index is 0.122. The molecule has 3 aromatic carbocycles. The van der Waals surface area contributed by atoms with Gasteiger partial charge in [-0.05, 0) is 29.8 Å². The molecule has 0 aliphatic heterocycles. The summed E-state index contributed by atoms with van der Waals surface area (Å²) < 4.78 is 43.0. The van der Waals surface area contributed by atoms with Crippen molar-refractivity contribution in [2.75, 3.05) is 19.5 Å². The van der Waals surface area contributed by atoms with Crippen LogP contribution in [0.25, 0.3) is 0 Å². The van der Waals surface area contributed by atoms with Gasteiger partial charge in [-0.2, -0.15) is 0 Å². The van der Waals surface area contributed by atoms with E-state index in [9.17, 15) is 13.6 Å². The molecule has 3 rings (SSSR count). The lowest BCUT2D eigenvalue weighted by Crippen LogP contribution is -2.13. The third kappa shape index (κ3) is 4.82. The Hall–Kier alpha value is -3.61. The molecule has 1 amide bonds. The lowest BCUT2D eigenvalue weighted by Gasteiger charge is -2.16. The van der Waals surface area contributed by atoms with E-state index in [-0.39, 0.29) is 17.9 Å². The predicted octanol–water partition coefficient (Wildman–Crippen LogP) is 4.81. The molecular weight excluding hydrogens is 380 g/mol. The zero-order valence-corrected chi connectivity index (χ0v) is 15.9. The summed E-state index contributed by atoms with van der Waals surface area (Å²) in [6, 6.07) is 15.6. The molecule has 0 aromatic heterocycles. The minimum Gasteiger partial charge on any atom is -0.493 e. The molecule has 0 saturated heterocycles. The van der Waals surface area contributed by atoms with Crippen molar-refractivity contribution >= 4 is 11.6 Å². The maximum absolute atomic E-state index is 13.4. The highest BCUT2D eigenvalue weighted by Gasteiger charge is 2.18. The Labute approximate surface area is 166 Å². The molecule has 0 heterocycles. The Morgan fingerprint density at radius 3 is 2.14 bits per heavy atom. The number of hydrogen-bond donors (Lipinski definition) is 1. The number of carbonyl (C=O) groups excluding carboxylic acids is 1. The standard InChI is InChI=1S/C22H19F2NO4/c1-27-19-10-15(22(26)25-16-8-9-17(23)18(24)12-16)11-20(28-2)21(19)29-13-14-6-4-3-5-7-14/h3-12H,13H2,1-2H3,(H,25,26). The van der Waals surface area contributed by atoms with E-state index in [4.69, 9.17) is 14.2 Å². The molecule has 0 spiro atoms. The topological polar surface area (TPSA) is 56.8 Å². The second-order valence-electron chi connectivity index (χ2n) is 6.07. The van der Waals surface area contributed by atoms with Crippen molar-refractivity contribution in [3.63, 3.8) is 0 Å². The Bertz CT molecular complexity index is 984. The number of carbonyl (C=O) groups is 1. The Morgan fingerprint density at radius 1 is 0.897 bits per heavy atom. The first kappa shape index (κ1) is 20.1. The average Bonchev–Trinajstić information content (AvgIpc) is 2.74. The van der Waals surface area contributed by atoms with Gasteiger partial charge in [-0.25, -0.2) is 8.78 Å². The Morgan fingerprint density at radius 2 is 1.55 bits per heavy atom. The van der Waals surface area contributed by atoms with E-state index in [1.54, 1.807) is 0 Å². The highest BCUT2D eigenvalue weighted by atomic mass is 19.2. The zero-order chi connectivity index (χ0) is 20.8. The van der Waals surface area contributed by atoms with E-state index in [1.807, 2.05) is 30.3 Å². The monoisotopic (exact) mass is 399 g/mol. The van der Waals surface area contributed by atoms with Crippen molar-refractivity contribution in [1.29, 1.82) is 0 Å². The molecule has 1 N–H and O–H groups in total. The molecule has 0 fully saturated rings. The maximum atomic E-state index is 13.4. The normalized spacial score (nSPS) is 10.3. The Kier molecular flexibility index (Phi) is 6.29. The average molecular weight is 399 g/mol. The Balaban J connectivity index is 1.84. The molecule has 0 aliphatic carbocycles. The highest BCUT2D eigenvalue weighted by Crippen LogP contribution is 2.39. The van der Waals surface area contributed by atoms with Gasteiger partial charge in [0.1, 0.15) is 6.61 Å². The maximum Gasteiger partial charge on any atom is 0.255 e. The summed E-state index contributed by atoms with van der Waals surface area (Å²) in [4.78, 5) is 12.6. The van der Waals surface area contributed by atoms with Crippen LogP contribution in [0.1, 0.15) is 15.9 Å². The van der Waals surface area contributed by atoms with Crippen LogP contribution >= 0.6 is 0 Å². The molecular formula is C22H19F2NO4. The number of nitrogens with one attached hydrogen (secondary N) is 1. The van der Waals surface area contributed by atoms with E-state index in [2.05, 4.69) is 5.32 Å². The van der Waals surface area contributed by atoms with E-state index < -0.39 is 17.5 Å². The number of rotatable bonds is 7. The van der Waals surface area contributed by atoms with Gasteiger partial charge in [0.15, 0.2) is 23.1 Å². The third-order valence-corrected chi connectivity index (χ3v) is 4.13. The fraction of sp³-hybridized carbons (Fsp3) is 0.136. The smallest absolute Gasteiger partial charge is 0.255 e. The van der Waals surface area contributed by atoms with Crippen LogP contribution in [0.5, 0.6) is 17.2 Å². The summed E-state index contributed by atoms with van der Waals surface area (Å²) in [6.07, 6.45) is 0. The summed E-state index contributed by atoms with van der Waals surface area (Å²) in [5.74, 6) is -1.63. The van der Waals surface area contributed by atoms with Crippen molar-refractivity contribution in [3.8, 4) is 17.2 Å². The van der Waals surface area contributed by atoms with Crippen molar-refractivity contribution in [3.05, 3.63) is 83.4 Å². The predicted molar refractivity (Wildman–Crippen MR) is 105 cm³/mol. The van der Waals surface area contributed by atoms with Crippen LogP contribution in [0.3, 0.4) is 0 Å². The van der Waals surface area contributed by atoms with Gasteiger partial charge in [0.2, 0.25) is 5.75 Å². The fourth-order valence-corrected chi connectivity index (χ4v) is 2.66. The number of amides is 1. The number of ether oxygens (including phenoxy) is 3. The molecule has 3 aromatic rings. The number of benzene rings is 3. The zero-order valence-electron chi connectivity index (χ0n) is 15.9. The lowest BCUT2D eigenvalue weighted by molar-refractivity contribution is 0.102. The van der Waals surface area contributed by atoms with Gasteiger partial charge in [0.25, 0.3) is 5.91 Å². The van der Waals surface area contributed by atoms with Gasteiger partial charge in [-0.1, -0.05) is 30.3 Å². The summed E-state index contributed by atoms with van der Waals surface area (Å²) in [7, 11) is 2.89. The molecule has 29 heavy (non-hydrogen) atoms. The van der Waals surface area contributed by atoms with Crippen LogP contribution in [0.15, 0.2) is 60.7 Å². The quantitative estimate of drug-likeness (QED) is 0.619. The van der Waals surface area contributed by atoms with Crippen LogP contribution in [-0.2, 0) is 6.61 Å². The van der Waals surface area contributed by atoms with E-state index >= 15 is 0 Å². The molecule has 0 saturated carbocycles. The molecule has 0 bridgehead atoms. The van der Waals surface area contributed by atoms with E-state index in [0.717, 1.165) is 17.7 Å². The second-order valence-corrected chi connectivity index (χ2v) is 6.07. The molecule has 150 valence electrons. The van der Waals surface area contributed by atoms with Crippen LogP contribution in [-0.4, -0.2) is 20.1 Å². The molecule has 0 radical (unpaired) electrons. The van der Waals surface area contributed by atoms with Crippen LogP contribution in [0.2, 0.25) is 0 Å². The van der Waals surface area contributed by atoms with Gasteiger partial charge in [-0.15, -0.1) is 0 Å². The van der Waals surface area contributed by atoms with E-state index in [0.29, 0.717) is 17.2 Å². The number of methoxy groups -OCH3 is 2. The SMILES string of the molecule is COc1cc(C(=O)Nc2ccc(F)c(F)c2)cc(OC)c1OCc1ccccc1. The van der Waals surface area contributed by atoms with Crippen molar-refractivity contribution in [1.82, 2.24) is 0 Å². The summed E-state index contributed by atoms with van der Waals surface area (Å²) >= 11 is 0. The molecule has 0 aliphatic rings. The fourth-order valence-electron chi connectivity index (χ4n) is 2.66. The molecule has 5 nitrogen and oxygen atoms in total. The molecule has 0 atom stereocenters. The van der Waals surface area contributed by atoms with Gasteiger partial charge in [0.05, 0.1) is 14.2 Å². The summed E-state index contributed by atoms with van der Waals surface area (Å²) in [5.41, 5.74) is 1.28. The van der Waals surface area contributed by atoms with Crippen molar-refractivity contribution < 1.29 is 27.8 Å². The van der Waals surface area contributed by atoms with Crippen LogP contribution in [0, 0.1) is 11.6 Å². The van der Waals surface area contributed by atoms with Gasteiger partial charge < -0.3 is 19.5 Å². The van der Waals surface area contributed by atoms with Crippen LogP contribution < -0.4 is 19.5 Å². The largest absolute Gasteiger partial charge is 0.493 e. The van der Waals surface area contributed by atoms with Gasteiger partial charge >= 0.3 is 0 Å². The van der Waals surface area contributed by atoms with Crippen molar-refractivity contribution in [2.45, 2.75) is 6.61 Å². The number of anilines is 1. The lowest BCUT2D eigenvalue weighted by atomic mass is 10.1. The third-order valence-electron chi connectivity index (χ3n) is 4.13.